The van der Waals surface area contributed by atoms with Crippen molar-refractivity contribution in [2.45, 2.75) is 58.9 Å². The van der Waals surface area contributed by atoms with Crippen molar-refractivity contribution in [3.63, 3.8) is 0 Å². The van der Waals surface area contributed by atoms with Crippen molar-refractivity contribution in [3.05, 3.63) is 16.1 Å². The first-order chi connectivity index (χ1) is 8.60. The van der Waals surface area contributed by atoms with Crippen molar-refractivity contribution < 1.29 is 0 Å². The molecule has 1 aliphatic carbocycles. The molecule has 3 atom stereocenters. The van der Waals surface area contributed by atoms with Gasteiger partial charge in [0.2, 0.25) is 0 Å². The number of aromatic nitrogens is 1. The molecule has 18 heavy (non-hydrogen) atoms. The Bertz CT molecular complexity index is 388. The molecule has 3 heteroatoms. The van der Waals surface area contributed by atoms with Crippen LogP contribution in [0.4, 0.5) is 0 Å². The summed E-state index contributed by atoms with van der Waals surface area (Å²) >= 11 is 1.84. The molecule has 1 fully saturated rings. The van der Waals surface area contributed by atoms with Crippen molar-refractivity contribution in [1.29, 1.82) is 0 Å². The Morgan fingerprint density at radius 2 is 2.28 bits per heavy atom. The van der Waals surface area contributed by atoms with Crippen LogP contribution in [0.2, 0.25) is 0 Å². The standard InChI is InChI=1S/C15H26N2S/c1-5-9-16-15(14-17-12(3)10-18-14)8-6-7-11(2)13(15)4/h10-11,13,16H,5-9H2,1-4H3. The number of rotatable bonds is 4. The second-order valence-electron chi connectivity index (χ2n) is 5.85. The van der Waals surface area contributed by atoms with Crippen LogP contribution in [0, 0.1) is 18.8 Å². The van der Waals surface area contributed by atoms with Crippen LogP contribution in [-0.4, -0.2) is 11.5 Å². The highest BCUT2D eigenvalue weighted by Crippen LogP contribution is 2.45. The largest absolute Gasteiger partial charge is 0.305 e. The van der Waals surface area contributed by atoms with Crippen molar-refractivity contribution in [2.24, 2.45) is 11.8 Å². The van der Waals surface area contributed by atoms with E-state index >= 15 is 0 Å². The summed E-state index contributed by atoms with van der Waals surface area (Å²) < 4.78 is 0. The molecule has 2 nitrogen and oxygen atoms in total. The van der Waals surface area contributed by atoms with E-state index in [1.54, 1.807) is 0 Å². The van der Waals surface area contributed by atoms with E-state index in [9.17, 15) is 0 Å². The Balaban J connectivity index is 2.32. The summed E-state index contributed by atoms with van der Waals surface area (Å²) in [6.07, 6.45) is 5.11. The van der Waals surface area contributed by atoms with Gasteiger partial charge < -0.3 is 5.32 Å². The maximum Gasteiger partial charge on any atom is 0.113 e. The fourth-order valence-electron chi connectivity index (χ4n) is 3.20. The summed E-state index contributed by atoms with van der Waals surface area (Å²) in [4.78, 5) is 4.80. The van der Waals surface area contributed by atoms with Crippen LogP contribution in [0.1, 0.15) is 57.2 Å². The summed E-state index contributed by atoms with van der Waals surface area (Å²) in [5.74, 6) is 1.45. The molecule has 0 aromatic carbocycles. The van der Waals surface area contributed by atoms with Gasteiger partial charge in [0.15, 0.2) is 0 Å². The molecule has 1 N–H and O–H groups in total. The fraction of sp³-hybridized carbons (Fsp3) is 0.800. The van der Waals surface area contributed by atoms with Gasteiger partial charge in [-0.2, -0.15) is 0 Å². The lowest BCUT2D eigenvalue weighted by atomic mass is 9.68. The molecule has 0 aliphatic heterocycles. The predicted octanol–water partition coefficient (Wildman–Crippen LogP) is 4.10. The maximum atomic E-state index is 4.80. The smallest absolute Gasteiger partial charge is 0.113 e. The van der Waals surface area contributed by atoms with Crippen molar-refractivity contribution in [1.82, 2.24) is 10.3 Å². The Hall–Kier alpha value is -0.410. The molecule has 1 saturated carbocycles. The highest BCUT2D eigenvalue weighted by Gasteiger charge is 2.44. The second-order valence-corrected chi connectivity index (χ2v) is 6.71. The quantitative estimate of drug-likeness (QED) is 0.887. The third kappa shape index (κ3) is 2.48. The van der Waals surface area contributed by atoms with E-state index < -0.39 is 0 Å². The summed E-state index contributed by atoms with van der Waals surface area (Å²) in [7, 11) is 0. The molecule has 1 aromatic heterocycles. The Labute approximate surface area is 115 Å². The lowest BCUT2D eigenvalue weighted by molar-refractivity contribution is 0.103. The first kappa shape index (κ1) is 14.0. The third-order valence-corrected chi connectivity index (χ3v) is 5.69. The van der Waals surface area contributed by atoms with E-state index in [-0.39, 0.29) is 5.54 Å². The minimum absolute atomic E-state index is 0.132. The van der Waals surface area contributed by atoms with E-state index in [0.29, 0.717) is 5.92 Å². The SMILES string of the molecule is CCCNC1(c2nc(C)cs2)CCCC(C)C1C. The summed E-state index contributed by atoms with van der Waals surface area (Å²) in [6, 6.07) is 0. The van der Waals surface area contributed by atoms with Gasteiger partial charge in [0.1, 0.15) is 5.01 Å². The zero-order valence-corrected chi connectivity index (χ0v) is 12.9. The average molecular weight is 266 g/mol. The molecule has 1 heterocycles. The lowest BCUT2D eigenvalue weighted by Gasteiger charge is -2.45. The monoisotopic (exact) mass is 266 g/mol. The average Bonchev–Trinajstić information content (AvgIpc) is 2.79. The minimum Gasteiger partial charge on any atom is -0.305 e. The van der Waals surface area contributed by atoms with Gasteiger partial charge in [0.25, 0.3) is 0 Å². The van der Waals surface area contributed by atoms with Crippen LogP contribution in [0.15, 0.2) is 5.38 Å². The Morgan fingerprint density at radius 3 is 2.89 bits per heavy atom. The van der Waals surface area contributed by atoms with Crippen LogP contribution >= 0.6 is 11.3 Å². The van der Waals surface area contributed by atoms with E-state index in [4.69, 9.17) is 4.98 Å². The van der Waals surface area contributed by atoms with Gasteiger partial charge >= 0.3 is 0 Å². The van der Waals surface area contributed by atoms with Gasteiger partial charge in [0.05, 0.1) is 5.54 Å². The van der Waals surface area contributed by atoms with Gasteiger partial charge in [-0.1, -0.05) is 33.6 Å². The molecule has 1 aliphatic rings. The second kappa shape index (κ2) is 5.70. The molecular weight excluding hydrogens is 240 g/mol. The lowest BCUT2D eigenvalue weighted by Crippen LogP contribution is -2.52. The van der Waals surface area contributed by atoms with E-state index in [1.165, 1.54) is 30.7 Å². The number of hydrogen-bond donors (Lipinski definition) is 1. The predicted molar refractivity (Wildman–Crippen MR) is 79.0 cm³/mol. The first-order valence-electron chi connectivity index (χ1n) is 7.27. The van der Waals surface area contributed by atoms with E-state index in [0.717, 1.165) is 18.2 Å². The van der Waals surface area contributed by atoms with Crippen molar-refractivity contribution in [3.8, 4) is 0 Å². The Kier molecular flexibility index (Phi) is 4.44. The highest BCUT2D eigenvalue weighted by molar-refractivity contribution is 7.09. The molecule has 0 saturated heterocycles. The molecule has 0 bridgehead atoms. The molecule has 0 amide bonds. The number of hydrogen-bond acceptors (Lipinski definition) is 3. The number of nitrogens with zero attached hydrogens (tertiary/aromatic N) is 1. The first-order valence-corrected chi connectivity index (χ1v) is 8.15. The maximum absolute atomic E-state index is 4.80. The van der Waals surface area contributed by atoms with Crippen LogP contribution in [0.3, 0.4) is 0 Å². The number of nitrogens with one attached hydrogen (secondary N) is 1. The molecule has 1 aromatic rings. The normalized spacial score (nSPS) is 32.7. The van der Waals surface area contributed by atoms with E-state index in [1.807, 2.05) is 11.3 Å². The van der Waals surface area contributed by atoms with Crippen LogP contribution in [-0.2, 0) is 5.54 Å². The van der Waals surface area contributed by atoms with Gasteiger partial charge in [-0.15, -0.1) is 11.3 Å². The van der Waals surface area contributed by atoms with Gasteiger partial charge in [0, 0.05) is 11.1 Å². The van der Waals surface area contributed by atoms with Crippen LogP contribution in [0.5, 0.6) is 0 Å². The third-order valence-electron chi connectivity index (χ3n) is 4.55. The van der Waals surface area contributed by atoms with Gasteiger partial charge in [-0.3, -0.25) is 0 Å². The summed E-state index contributed by atoms with van der Waals surface area (Å²) in [6.45, 7) is 10.2. The molecule has 0 radical (unpaired) electrons. The molecular formula is C15H26N2S. The van der Waals surface area contributed by atoms with Gasteiger partial charge in [-0.05, 0) is 38.1 Å². The number of thiazole rings is 1. The molecule has 2 rings (SSSR count). The highest BCUT2D eigenvalue weighted by atomic mass is 32.1. The van der Waals surface area contributed by atoms with Crippen molar-refractivity contribution in [2.75, 3.05) is 6.54 Å². The van der Waals surface area contributed by atoms with Crippen molar-refractivity contribution >= 4 is 11.3 Å². The zero-order valence-electron chi connectivity index (χ0n) is 12.1. The van der Waals surface area contributed by atoms with E-state index in [2.05, 4.69) is 38.4 Å². The molecule has 0 spiro atoms. The summed E-state index contributed by atoms with van der Waals surface area (Å²) in [5.41, 5.74) is 1.30. The van der Waals surface area contributed by atoms with Gasteiger partial charge in [-0.25, -0.2) is 4.98 Å². The number of aryl methyl sites for hydroxylation is 1. The Morgan fingerprint density at radius 1 is 1.50 bits per heavy atom. The topological polar surface area (TPSA) is 24.9 Å². The summed E-state index contributed by atoms with van der Waals surface area (Å²) in [5, 5.41) is 7.35. The van der Waals surface area contributed by atoms with Crippen LogP contribution in [0.25, 0.3) is 0 Å². The minimum atomic E-state index is 0.132. The van der Waals surface area contributed by atoms with Crippen LogP contribution < -0.4 is 5.32 Å². The zero-order chi connectivity index (χ0) is 13.2. The molecule has 3 unspecified atom stereocenters. The fourth-order valence-corrected chi connectivity index (χ4v) is 4.30. The molecule has 102 valence electrons.